The zero-order chi connectivity index (χ0) is 9.26. The predicted octanol–water partition coefficient (Wildman–Crippen LogP) is 2.59. The van der Waals surface area contributed by atoms with Crippen LogP contribution in [0.2, 0.25) is 5.02 Å². The van der Waals surface area contributed by atoms with Crippen molar-refractivity contribution in [2.75, 3.05) is 13.1 Å². The molecule has 0 fully saturated rings. The van der Waals surface area contributed by atoms with Crippen molar-refractivity contribution in [3.05, 3.63) is 34.3 Å². The van der Waals surface area contributed by atoms with Crippen molar-refractivity contribution < 1.29 is 0 Å². The van der Waals surface area contributed by atoms with Gasteiger partial charge in [-0.05, 0) is 36.1 Å². The van der Waals surface area contributed by atoms with Gasteiger partial charge >= 0.3 is 0 Å². The Morgan fingerprint density at radius 2 is 2.31 bits per heavy atom. The normalized spacial score (nSPS) is 22.2. The van der Waals surface area contributed by atoms with Crippen LogP contribution in [0, 0.1) is 0 Å². The maximum Gasteiger partial charge on any atom is 0.0441 e. The highest BCUT2D eigenvalue weighted by molar-refractivity contribution is 6.31. The van der Waals surface area contributed by atoms with Gasteiger partial charge in [0.05, 0.1) is 0 Å². The number of nitrogens with one attached hydrogen (secondary N) is 1. The van der Waals surface area contributed by atoms with E-state index in [9.17, 15) is 0 Å². The molecule has 1 heterocycles. The Bertz CT molecular complexity index is 309. The topological polar surface area (TPSA) is 12.0 Å². The molecule has 0 bridgehead atoms. The van der Waals surface area contributed by atoms with Crippen LogP contribution in [0.4, 0.5) is 0 Å². The van der Waals surface area contributed by atoms with E-state index in [0.717, 1.165) is 24.5 Å². The summed E-state index contributed by atoms with van der Waals surface area (Å²) in [5.41, 5.74) is 2.75. The van der Waals surface area contributed by atoms with Gasteiger partial charge in [0.1, 0.15) is 0 Å². The minimum Gasteiger partial charge on any atom is -0.316 e. The number of fused-ring (bicyclic) bond motifs is 1. The van der Waals surface area contributed by atoms with E-state index in [0.29, 0.717) is 5.92 Å². The van der Waals surface area contributed by atoms with Gasteiger partial charge in [-0.1, -0.05) is 30.7 Å². The number of hydrogen-bond acceptors (Lipinski definition) is 1. The van der Waals surface area contributed by atoms with Gasteiger partial charge in [-0.3, -0.25) is 0 Å². The molecule has 2 heteroatoms. The Kier molecular flexibility index (Phi) is 2.56. The second-order valence-electron chi connectivity index (χ2n) is 3.66. The third-order valence-electron chi connectivity index (χ3n) is 2.69. The van der Waals surface area contributed by atoms with Crippen molar-refractivity contribution in [3.63, 3.8) is 0 Å². The molecule has 1 aromatic carbocycles. The number of rotatable bonds is 0. The lowest BCUT2D eigenvalue weighted by atomic mass is 9.95. The van der Waals surface area contributed by atoms with E-state index in [1.807, 2.05) is 12.1 Å². The second-order valence-corrected chi connectivity index (χ2v) is 4.07. The van der Waals surface area contributed by atoms with Gasteiger partial charge in [0.2, 0.25) is 0 Å². The molecule has 0 aromatic heterocycles. The smallest absolute Gasteiger partial charge is 0.0441 e. The zero-order valence-electron chi connectivity index (χ0n) is 7.81. The van der Waals surface area contributed by atoms with Crippen LogP contribution in [0.25, 0.3) is 0 Å². The Labute approximate surface area is 84.1 Å². The van der Waals surface area contributed by atoms with Crippen LogP contribution >= 0.6 is 11.6 Å². The molecular formula is C11H14ClN. The molecule has 1 atom stereocenters. The first-order chi connectivity index (χ1) is 6.29. The van der Waals surface area contributed by atoms with Crippen molar-refractivity contribution in [2.45, 2.75) is 19.3 Å². The summed E-state index contributed by atoms with van der Waals surface area (Å²) < 4.78 is 0. The van der Waals surface area contributed by atoms with E-state index in [4.69, 9.17) is 11.6 Å². The predicted molar refractivity (Wildman–Crippen MR) is 56.4 cm³/mol. The van der Waals surface area contributed by atoms with E-state index in [2.05, 4.69) is 18.3 Å². The van der Waals surface area contributed by atoms with Crippen LogP contribution < -0.4 is 5.32 Å². The van der Waals surface area contributed by atoms with Crippen molar-refractivity contribution in [1.29, 1.82) is 0 Å². The van der Waals surface area contributed by atoms with Gasteiger partial charge in [-0.15, -0.1) is 0 Å². The molecule has 0 aliphatic carbocycles. The van der Waals surface area contributed by atoms with Gasteiger partial charge in [-0.25, -0.2) is 0 Å². The zero-order valence-corrected chi connectivity index (χ0v) is 8.56. The van der Waals surface area contributed by atoms with E-state index < -0.39 is 0 Å². The van der Waals surface area contributed by atoms with E-state index in [-0.39, 0.29) is 0 Å². The van der Waals surface area contributed by atoms with Crippen LogP contribution in [0.1, 0.15) is 24.0 Å². The van der Waals surface area contributed by atoms with Gasteiger partial charge in [0, 0.05) is 11.6 Å². The molecule has 1 aromatic rings. The lowest BCUT2D eigenvalue weighted by molar-refractivity contribution is 0.644. The standard InChI is InChI=1S/C11H14ClN/c1-8-7-13-6-5-10-9(8)3-2-4-11(10)12/h2-4,8,13H,5-7H2,1H3/t8-/m0/s1. The number of benzene rings is 1. The Balaban J connectivity index is 2.47. The minimum absolute atomic E-state index is 0.580. The molecule has 0 unspecified atom stereocenters. The average molecular weight is 196 g/mol. The second kappa shape index (κ2) is 3.69. The molecule has 0 saturated heterocycles. The van der Waals surface area contributed by atoms with Gasteiger partial charge in [-0.2, -0.15) is 0 Å². The van der Waals surface area contributed by atoms with Gasteiger partial charge in [0.25, 0.3) is 0 Å². The van der Waals surface area contributed by atoms with E-state index in [1.165, 1.54) is 11.1 Å². The molecule has 1 aliphatic rings. The first-order valence-corrected chi connectivity index (χ1v) is 5.15. The highest BCUT2D eigenvalue weighted by atomic mass is 35.5. The molecule has 1 N–H and O–H groups in total. The van der Waals surface area contributed by atoms with E-state index >= 15 is 0 Å². The van der Waals surface area contributed by atoms with Crippen molar-refractivity contribution in [1.82, 2.24) is 5.32 Å². The maximum atomic E-state index is 6.15. The number of halogens is 1. The van der Waals surface area contributed by atoms with Crippen molar-refractivity contribution in [3.8, 4) is 0 Å². The summed E-state index contributed by atoms with van der Waals surface area (Å²) in [6, 6.07) is 6.22. The highest BCUT2D eigenvalue weighted by Crippen LogP contribution is 2.27. The molecule has 70 valence electrons. The minimum atomic E-state index is 0.580. The molecule has 1 nitrogen and oxygen atoms in total. The Morgan fingerprint density at radius 3 is 3.15 bits per heavy atom. The average Bonchev–Trinajstić information content (AvgIpc) is 2.30. The monoisotopic (exact) mass is 195 g/mol. The summed E-state index contributed by atoms with van der Waals surface area (Å²) in [7, 11) is 0. The fraction of sp³-hybridized carbons (Fsp3) is 0.455. The fourth-order valence-corrected chi connectivity index (χ4v) is 2.22. The Hall–Kier alpha value is -0.530. The Morgan fingerprint density at radius 1 is 1.46 bits per heavy atom. The first kappa shape index (κ1) is 9.04. The quantitative estimate of drug-likeness (QED) is 0.671. The third-order valence-corrected chi connectivity index (χ3v) is 3.04. The molecule has 0 amide bonds. The lowest BCUT2D eigenvalue weighted by Gasteiger charge is -2.12. The van der Waals surface area contributed by atoms with Crippen molar-refractivity contribution in [2.24, 2.45) is 0 Å². The fourth-order valence-electron chi connectivity index (χ4n) is 1.94. The van der Waals surface area contributed by atoms with Crippen molar-refractivity contribution >= 4 is 11.6 Å². The van der Waals surface area contributed by atoms with Crippen LogP contribution in [-0.4, -0.2) is 13.1 Å². The van der Waals surface area contributed by atoms with E-state index in [1.54, 1.807) is 0 Å². The van der Waals surface area contributed by atoms with Gasteiger partial charge < -0.3 is 5.32 Å². The highest BCUT2D eigenvalue weighted by Gasteiger charge is 2.15. The molecule has 0 radical (unpaired) electrons. The first-order valence-electron chi connectivity index (χ1n) is 4.77. The van der Waals surface area contributed by atoms with Crippen LogP contribution in [0.15, 0.2) is 18.2 Å². The largest absolute Gasteiger partial charge is 0.316 e. The van der Waals surface area contributed by atoms with Gasteiger partial charge in [0.15, 0.2) is 0 Å². The molecule has 0 spiro atoms. The molecular weight excluding hydrogens is 182 g/mol. The summed E-state index contributed by atoms with van der Waals surface area (Å²) in [6.45, 7) is 4.35. The summed E-state index contributed by atoms with van der Waals surface area (Å²) in [5.74, 6) is 0.580. The maximum absolute atomic E-state index is 6.15. The SMILES string of the molecule is C[C@H]1CNCCc2c(Cl)cccc21. The summed E-state index contributed by atoms with van der Waals surface area (Å²) >= 11 is 6.15. The molecule has 13 heavy (non-hydrogen) atoms. The third kappa shape index (κ3) is 1.72. The molecule has 1 aliphatic heterocycles. The molecule has 0 saturated carbocycles. The van der Waals surface area contributed by atoms with Crippen LogP contribution in [0.3, 0.4) is 0 Å². The summed E-state index contributed by atoms with van der Waals surface area (Å²) in [4.78, 5) is 0. The molecule has 2 rings (SSSR count). The summed E-state index contributed by atoms with van der Waals surface area (Å²) in [5, 5.41) is 4.34. The summed E-state index contributed by atoms with van der Waals surface area (Å²) in [6.07, 6.45) is 1.05. The number of hydrogen-bond donors (Lipinski definition) is 1. The van der Waals surface area contributed by atoms with Crippen LogP contribution in [-0.2, 0) is 6.42 Å². The van der Waals surface area contributed by atoms with Crippen LogP contribution in [0.5, 0.6) is 0 Å². The lowest BCUT2D eigenvalue weighted by Crippen LogP contribution is -2.18.